The molecule has 0 fully saturated rings. The van der Waals surface area contributed by atoms with Gasteiger partial charge in [-0.2, -0.15) is 0 Å². The van der Waals surface area contributed by atoms with E-state index >= 15 is 0 Å². The standard InChI is InChI=1S/C17H27NO2/c1-4-13(5-2)16(19)12-18-17(20)15(6-3)14-10-8-7-9-11-14/h7-11,13,15-16,19H,4-6,12H2,1-3H3,(H,18,20). The Balaban J connectivity index is 2.57. The molecule has 3 nitrogen and oxygen atoms in total. The second-order valence-corrected chi connectivity index (χ2v) is 5.26. The summed E-state index contributed by atoms with van der Waals surface area (Å²) in [6, 6.07) is 9.80. The van der Waals surface area contributed by atoms with Gasteiger partial charge in [0.2, 0.25) is 5.91 Å². The molecule has 0 bridgehead atoms. The van der Waals surface area contributed by atoms with Gasteiger partial charge in [-0.1, -0.05) is 63.9 Å². The fraction of sp³-hybridized carbons (Fsp3) is 0.588. The monoisotopic (exact) mass is 277 g/mol. The summed E-state index contributed by atoms with van der Waals surface area (Å²) in [6.45, 7) is 6.49. The van der Waals surface area contributed by atoms with Gasteiger partial charge in [0.15, 0.2) is 0 Å². The molecule has 3 heteroatoms. The SMILES string of the molecule is CCC(C(=O)NCC(O)C(CC)CC)c1ccccc1. The number of nitrogens with one attached hydrogen (secondary N) is 1. The van der Waals surface area contributed by atoms with Crippen molar-refractivity contribution in [2.24, 2.45) is 5.92 Å². The van der Waals surface area contributed by atoms with E-state index in [2.05, 4.69) is 19.2 Å². The minimum Gasteiger partial charge on any atom is -0.391 e. The van der Waals surface area contributed by atoms with Gasteiger partial charge >= 0.3 is 0 Å². The van der Waals surface area contributed by atoms with Crippen molar-refractivity contribution in [3.05, 3.63) is 35.9 Å². The molecule has 0 saturated heterocycles. The van der Waals surface area contributed by atoms with E-state index in [1.807, 2.05) is 37.3 Å². The van der Waals surface area contributed by atoms with Gasteiger partial charge in [-0.3, -0.25) is 4.79 Å². The summed E-state index contributed by atoms with van der Waals surface area (Å²) < 4.78 is 0. The van der Waals surface area contributed by atoms with E-state index in [9.17, 15) is 9.90 Å². The summed E-state index contributed by atoms with van der Waals surface area (Å²) in [4.78, 5) is 12.3. The Morgan fingerprint density at radius 1 is 1.10 bits per heavy atom. The van der Waals surface area contributed by atoms with Crippen LogP contribution in [0, 0.1) is 5.92 Å². The molecular formula is C17H27NO2. The van der Waals surface area contributed by atoms with Gasteiger partial charge < -0.3 is 10.4 Å². The molecule has 0 spiro atoms. The van der Waals surface area contributed by atoms with Crippen molar-refractivity contribution in [1.29, 1.82) is 0 Å². The van der Waals surface area contributed by atoms with E-state index in [1.165, 1.54) is 0 Å². The van der Waals surface area contributed by atoms with Crippen LogP contribution < -0.4 is 5.32 Å². The van der Waals surface area contributed by atoms with Crippen LogP contribution in [0.25, 0.3) is 0 Å². The van der Waals surface area contributed by atoms with Crippen molar-refractivity contribution in [3.63, 3.8) is 0 Å². The maximum absolute atomic E-state index is 12.3. The van der Waals surface area contributed by atoms with Gasteiger partial charge in [0, 0.05) is 6.54 Å². The minimum absolute atomic E-state index is 0.00343. The Morgan fingerprint density at radius 2 is 1.70 bits per heavy atom. The average Bonchev–Trinajstić information content (AvgIpc) is 2.48. The molecule has 0 aliphatic carbocycles. The molecule has 1 rings (SSSR count). The Morgan fingerprint density at radius 3 is 2.20 bits per heavy atom. The number of carbonyl (C=O) groups is 1. The molecule has 0 radical (unpaired) electrons. The molecular weight excluding hydrogens is 250 g/mol. The third kappa shape index (κ3) is 4.64. The van der Waals surface area contributed by atoms with Crippen LogP contribution in [0.15, 0.2) is 30.3 Å². The molecule has 0 aromatic heterocycles. The molecule has 1 amide bonds. The van der Waals surface area contributed by atoms with Crippen LogP contribution >= 0.6 is 0 Å². The summed E-state index contributed by atoms with van der Waals surface area (Å²) in [5.74, 6) is 0.126. The van der Waals surface area contributed by atoms with Crippen LogP contribution in [0.3, 0.4) is 0 Å². The molecule has 112 valence electrons. The van der Waals surface area contributed by atoms with E-state index in [0.29, 0.717) is 6.54 Å². The second-order valence-electron chi connectivity index (χ2n) is 5.26. The lowest BCUT2D eigenvalue weighted by Gasteiger charge is -2.22. The van der Waals surface area contributed by atoms with Gasteiger partial charge in [-0.15, -0.1) is 0 Å². The predicted octanol–water partition coefficient (Wildman–Crippen LogP) is 3.09. The zero-order valence-corrected chi connectivity index (χ0v) is 12.8. The zero-order chi connectivity index (χ0) is 15.0. The van der Waals surface area contributed by atoms with E-state index in [4.69, 9.17) is 0 Å². The molecule has 1 aromatic rings. The van der Waals surface area contributed by atoms with Crippen molar-refractivity contribution in [1.82, 2.24) is 5.32 Å². The second kappa shape index (κ2) is 8.75. The number of hydrogen-bond acceptors (Lipinski definition) is 2. The topological polar surface area (TPSA) is 49.3 Å². The number of carbonyl (C=O) groups excluding carboxylic acids is 1. The van der Waals surface area contributed by atoms with Crippen LogP contribution in [0.5, 0.6) is 0 Å². The summed E-state index contributed by atoms with van der Waals surface area (Å²) in [5.41, 5.74) is 1.03. The third-order valence-corrected chi connectivity index (χ3v) is 4.01. The predicted molar refractivity (Wildman–Crippen MR) is 82.6 cm³/mol. The highest BCUT2D eigenvalue weighted by Gasteiger charge is 2.21. The summed E-state index contributed by atoms with van der Waals surface area (Å²) in [5, 5.41) is 13.0. The zero-order valence-electron chi connectivity index (χ0n) is 12.8. The number of aliphatic hydroxyl groups is 1. The summed E-state index contributed by atoms with van der Waals surface area (Å²) in [6.07, 6.45) is 2.17. The first kappa shape index (κ1) is 16.7. The normalized spacial score (nSPS) is 14.1. The van der Waals surface area contributed by atoms with Crippen LogP contribution in [0.1, 0.15) is 51.5 Å². The van der Waals surface area contributed by atoms with Crippen molar-refractivity contribution < 1.29 is 9.90 Å². The number of amides is 1. The highest BCUT2D eigenvalue weighted by atomic mass is 16.3. The Labute approximate surface area is 122 Å². The fourth-order valence-corrected chi connectivity index (χ4v) is 2.59. The maximum Gasteiger partial charge on any atom is 0.227 e. The van der Waals surface area contributed by atoms with Crippen LogP contribution in [0.2, 0.25) is 0 Å². The molecule has 0 aliphatic heterocycles. The van der Waals surface area contributed by atoms with Crippen molar-refractivity contribution in [2.75, 3.05) is 6.54 Å². The first-order chi connectivity index (χ1) is 9.63. The highest BCUT2D eigenvalue weighted by Crippen LogP contribution is 2.19. The van der Waals surface area contributed by atoms with Gasteiger partial charge in [-0.05, 0) is 17.9 Å². The molecule has 1 aromatic carbocycles. The lowest BCUT2D eigenvalue weighted by molar-refractivity contribution is -0.123. The number of hydrogen-bond donors (Lipinski definition) is 2. The summed E-state index contributed by atoms with van der Waals surface area (Å²) >= 11 is 0. The molecule has 0 aliphatic rings. The van der Waals surface area contributed by atoms with Crippen molar-refractivity contribution in [3.8, 4) is 0 Å². The Hall–Kier alpha value is -1.35. The fourth-order valence-electron chi connectivity index (χ4n) is 2.59. The van der Waals surface area contributed by atoms with Crippen molar-refractivity contribution >= 4 is 5.91 Å². The number of benzene rings is 1. The van der Waals surface area contributed by atoms with Crippen LogP contribution in [0.4, 0.5) is 0 Å². The van der Waals surface area contributed by atoms with E-state index < -0.39 is 6.10 Å². The number of rotatable bonds is 8. The lowest BCUT2D eigenvalue weighted by atomic mass is 9.94. The maximum atomic E-state index is 12.3. The van der Waals surface area contributed by atoms with Gasteiger partial charge in [0.25, 0.3) is 0 Å². The minimum atomic E-state index is -0.456. The quantitative estimate of drug-likeness (QED) is 0.767. The Bertz CT molecular complexity index is 387. The van der Waals surface area contributed by atoms with Crippen molar-refractivity contribution in [2.45, 2.75) is 52.1 Å². The average molecular weight is 277 g/mol. The number of aliphatic hydroxyl groups excluding tert-OH is 1. The summed E-state index contributed by atoms with van der Waals surface area (Å²) in [7, 11) is 0. The van der Waals surface area contributed by atoms with E-state index in [1.54, 1.807) is 0 Å². The molecule has 0 saturated carbocycles. The van der Waals surface area contributed by atoms with Crippen LogP contribution in [-0.4, -0.2) is 23.7 Å². The van der Waals surface area contributed by atoms with Gasteiger partial charge in [0.05, 0.1) is 12.0 Å². The van der Waals surface area contributed by atoms with E-state index in [0.717, 1.165) is 24.8 Å². The smallest absolute Gasteiger partial charge is 0.227 e. The van der Waals surface area contributed by atoms with Crippen LogP contribution in [-0.2, 0) is 4.79 Å². The highest BCUT2D eigenvalue weighted by molar-refractivity contribution is 5.83. The molecule has 0 heterocycles. The Kier molecular flexibility index (Phi) is 7.31. The molecule has 2 unspecified atom stereocenters. The van der Waals surface area contributed by atoms with Gasteiger partial charge in [0.1, 0.15) is 0 Å². The van der Waals surface area contributed by atoms with Gasteiger partial charge in [-0.25, -0.2) is 0 Å². The third-order valence-electron chi connectivity index (χ3n) is 4.01. The molecule has 20 heavy (non-hydrogen) atoms. The first-order valence-electron chi connectivity index (χ1n) is 7.64. The molecule has 2 N–H and O–H groups in total. The van der Waals surface area contributed by atoms with E-state index in [-0.39, 0.29) is 17.7 Å². The molecule has 2 atom stereocenters. The first-order valence-corrected chi connectivity index (χ1v) is 7.64. The lowest BCUT2D eigenvalue weighted by Crippen LogP contribution is -2.38. The largest absolute Gasteiger partial charge is 0.391 e.